The summed E-state index contributed by atoms with van der Waals surface area (Å²) in [6.45, 7) is 0.268. The number of benzene rings is 1. The Morgan fingerprint density at radius 3 is 2.75 bits per heavy atom. The number of amides is 1. The number of aromatic nitrogens is 3. The Labute approximate surface area is 171 Å². The van der Waals surface area contributed by atoms with Gasteiger partial charge in [-0.1, -0.05) is 23.2 Å². The molecule has 10 heteroatoms. The molecule has 3 aromatic rings. The zero-order valence-electron chi connectivity index (χ0n) is 14.9. The third kappa shape index (κ3) is 4.36. The predicted molar refractivity (Wildman–Crippen MR) is 109 cm³/mol. The van der Waals surface area contributed by atoms with Gasteiger partial charge in [0.1, 0.15) is 11.6 Å². The summed E-state index contributed by atoms with van der Waals surface area (Å²) in [4.78, 5) is 16.3. The number of nitrogen functional groups attached to an aromatic ring is 1. The number of rotatable bonds is 6. The van der Waals surface area contributed by atoms with Gasteiger partial charge in [-0.25, -0.2) is 4.98 Å². The van der Waals surface area contributed by atoms with Crippen LogP contribution in [0.15, 0.2) is 42.9 Å². The molecule has 0 radical (unpaired) electrons. The summed E-state index contributed by atoms with van der Waals surface area (Å²) in [5.41, 5.74) is 13.2. The number of ether oxygens (including phenoxy) is 1. The van der Waals surface area contributed by atoms with E-state index in [9.17, 15) is 4.79 Å². The summed E-state index contributed by atoms with van der Waals surface area (Å²) >= 11 is 12.0. The first kappa shape index (κ1) is 19.9. The van der Waals surface area contributed by atoms with Crippen LogP contribution in [0.5, 0.6) is 5.75 Å². The standard InChI is InChI=1S/C18H18Cl2N6O2/c1-28-14-3-10(2-11(19)4-14)16(6-21)26-9-13(8-24-26)25-18(27)15-5-12(20)7-23-17(15)22/h2-5,7-9,16H,6,21H2,1H3,(H2,22,23)(H,25,27). The lowest BCUT2D eigenvalue weighted by molar-refractivity contribution is 0.102. The maximum absolute atomic E-state index is 12.4. The molecule has 3 rings (SSSR count). The monoisotopic (exact) mass is 420 g/mol. The molecule has 5 N–H and O–H groups in total. The number of carbonyl (C=O) groups excluding carboxylic acids is 1. The van der Waals surface area contributed by atoms with Crippen molar-refractivity contribution in [3.8, 4) is 5.75 Å². The van der Waals surface area contributed by atoms with E-state index in [0.29, 0.717) is 21.5 Å². The molecule has 2 heterocycles. The van der Waals surface area contributed by atoms with E-state index in [4.69, 9.17) is 39.4 Å². The molecular weight excluding hydrogens is 403 g/mol. The van der Waals surface area contributed by atoms with Gasteiger partial charge in [-0.2, -0.15) is 5.10 Å². The van der Waals surface area contributed by atoms with Crippen LogP contribution in [0, 0.1) is 0 Å². The molecule has 1 atom stereocenters. The number of hydrogen-bond acceptors (Lipinski definition) is 6. The van der Waals surface area contributed by atoms with E-state index in [1.165, 1.54) is 18.5 Å². The summed E-state index contributed by atoms with van der Waals surface area (Å²) in [6, 6.07) is 6.49. The second kappa shape index (κ2) is 8.47. The minimum atomic E-state index is -0.444. The van der Waals surface area contributed by atoms with E-state index in [1.54, 1.807) is 30.1 Å². The number of anilines is 2. The molecule has 0 saturated heterocycles. The minimum Gasteiger partial charge on any atom is -0.497 e. The van der Waals surface area contributed by atoms with Crippen molar-refractivity contribution in [1.29, 1.82) is 0 Å². The minimum absolute atomic E-state index is 0.0835. The molecular formula is C18H18Cl2N6O2. The third-order valence-corrected chi connectivity index (χ3v) is 4.47. The Kier molecular flexibility index (Phi) is 6.03. The van der Waals surface area contributed by atoms with Gasteiger partial charge in [-0.3, -0.25) is 9.48 Å². The fraction of sp³-hybridized carbons (Fsp3) is 0.167. The first-order chi connectivity index (χ1) is 13.4. The summed E-state index contributed by atoms with van der Waals surface area (Å²) in [5, 5.41) is 7.86. The fourth-order valence-electron chi connectivity index (χ4n) is 2.69. The normalized spacial score (nSPS) is 11.9. The number of carbonyl (C=O) groups is 1. The van der Waals surface area contributed by atoms with Crippen molar-refractivity contribution in [2.45, 2.75) is 6.04 Å². The summed E-state index contributed by atoms with van der Waals surface area (Å²) in [6.07, 6.45) is 4.55. The zero-order chi connectivity index (χ0) is 20.3. The molecule has 1 amide bonds. The molecule has 0 spiro atoms. The van der Waals surface area contributed by atoms with Gasteiger partial charge in [0.05, 0.1) is 35.6 Å². The maximum atomic E-state index is 12.4. The van der Waals surface area contributed by atoms with Crippen molar-refractivity contribution in [2.24, 2.45) is 5.73 Å². The average molecular weight is 421 g/mol. The van der Waals surface area contributed by atoms with E-state index in [1.807, 2.05) is 6.07 Å². The van der Waals surface area contributed by atoms with Crippen LogP contribution >= 0.6 is 23.2 Å². The van der Waals surface area contributed by atoms with E-state index >= 15 is 0 Å². The fourth-order valence-corrected chi connectivity index (χ4v) is 3.09. The van der Waals surface area contributed by atoms with Gasteiger partial charge in [-0.05, 0) is 29.8 Å². The smallest absolute Gasteiger partial charge is 0.259 e. The SMILES string of the molecule is COc1cc(Cl)cc(C(CN)n2cc(NC(=O)c3cc(Cl)cnc3N)cn2)c1. The van der Waals surface area contributed by atoms with Crippen LogP contribution in [0.1, 0.15) is 22.0 Å². The van der Waals surface area contributed by atoms with Crippen molar-refractivity contribution in [2.75, 3.05) is 24.7 Å². The number of halogens is 2. The van der Waals surface area contributed by atoms with Crippen LogP contribution < -0.4 is 21.5 Å². The van der Waals surface area contributed by atoms with Crippen molar-refractivity contribution in [3.63, 3.8) is 0 Å². The summed E-state index contributed by atoms with van der Waals surface area (Å²) in [7, 11) is 1.56. The quantitative estimate of drug-likeness (QED) is 0.563. The second-order valence-corrected chi connectivity index (χ2v) is 6.80. The van der Waals surface area contributed by atoms with Gasteiger partial charge in [0.2, 0.25) is 0 Å². The van der Waals surface area contributed by atoms with Crippen molar-refractivity contribution in [1.82, 2.24) is 14.8 Å². The molecule has 8 nitrogen and oxygen atoms in total. The lowest BCUT2D eigenvalue weighted by Crippen LogP contribution is -2.21. The molecule has 1 aromatic carbocycles. The van der Waals surface area contributed by atoms with E-state index in [2.05, 4.69) is 15.4 Å². The number of nitrogens with one attached hydrogen (secondary N) is 1. The lowest BCUT2D eigenvalue weighted by atomic mass is 10.1. The lowest BCUT2D eigenvalue weighted by Gasteiger charge is -2.17. The molecule has 0 saturated carbocycles. The van der Waals surface area contributed by atoms with Gasteiger partial charge < -0.3 is 21.5 Å². The first-order valence-corrected chi connectivity index (χ1v) is 8.98. The van der Waals surface area contributed by atoms with Gasteiger partial charge in [-0.15, -0.1) is 0 Å². The number of methoxy groups -OCH3 is 1. The van der Waals surface area contributed by atoms with Gasteiger partial charge in [0, 0.05) is 24.0 Å². The van der Waals surface area contributed by atoms with Crippen LogP contribution in [0.3, 0.4) is 0 Å². The number of hydrogen-bond donors (Lipinski definition) is 3. The van der Waals surface area contributed by atoms with Gasteiger partial charge >= 0.3 is 0 Å². The van der Waals surface area contributed by atoms with Crippen molar-refractivity contribution < 1.29 is 9.53 Å². The molecule has 0 aliphatic heterocycles. The highest BCUT2D eigenvalue weighted by Crippen LogP contribution is 2.27. The first-order valence-electron chi connectivity index (χ1n) is 8.22. The molecule has 0 aliphatic carbocycles. The number of pyridine rings is 1. The number of nitrogens with two attached hydrogens (primary N) is 2. The van der Waals surface area contributed by atoms with Crippen molar-refractivity contribution in [3.05, 3.63) is 64.0 Å². The predicted octanol–water partition coefficient (Wildman–Crippen LogP) is 2.98. The molecule has 146 valence electrons. The van der Waals surface area contributed by atoms with E-state index < -0.39 is 5.91 Å². The molecule has 0 aliphatic rings. The van der Waals surface area contributed by atoms with Crippen LogP contribution in [0.4, 0.5) is 11.5 Å². The van der Waals surface area contributed by atoms with Crippen LogP contribution in [0.2, 0.25) is 10.0 Å². The van der Waals surface area contributed by atoms with Gasteiger partial charge in [0.25, 0.3) is 5.91 Å². The Bertz CT molecular complexity index is 1010. The van der Waals surface area contributed by atoms with Crippen LogP contribution in [-0.4, -0.2) is 34.3 Å². The number of nitrogens with zero attached hydrogens (tertiary/aromatic N) is 3. The molecule has 28 heavy (non-hydrogen) atoms. The van der Waals surface area contributed by atoms with E-state index in [-0.39, 0.29) is 24.0 Å². The Morgan fingerprint density at radius 2 is 2.04 bits per heavy atom. The Hall–Kier alpha value is -2.81. The highest BCUT2D eigenvalue weighted by Gasteiger charge is 2.17. The van der Waals surface area contributed by atoms with Crippen molar-refractivity contribution >= 4 is 40.6 Å². The molecule has 0 bridgehead atoms. The Balaban J connectivity index is 1.83. The Morgan fingerprint density at radius 1 is 1.25 bits per heavy atom. The third-order valence-electron chi connectivity index (χ3n) is 4.05. The zero-order valence-corrected chi connectivity index (χ0v) is 16.4. The topological polar surface area (TPSA) is 121 Å². The molecule has 1 unspecified atom stereocenters. The second-order valence-electron chi connectivity index (χ2n) is 5.93. The summed E-state index contributed by atoms with van der Waals surface area (Å²) < 4.78 is 6.89. The van der Waals surface area contributed by atoms with Crippen LogP contribution in [0.25, 0.3) is 0 Å². The average Bonchev–Trinajstić information content (AvgIpc) is 3.11. The molecule has 2 aromatic heterocycles. The largest absolute Gasteiger partial charge is 0.497 e. The highest BCUT2D eigenvalue weighted by atomic mass is 35.5. The maximum Gasteiger partial charge on any atom is 0.259 e. The van der Waals surface area contributed by atoms with E-state index in [0.717, 1.165) is 5.56 Å². The highest BCUT2D eigenvalue weighted by molar-refractivity contribution is 6.31. The van der Waals surface area contributed by atoms with Gasteiger partial charge in [0.15, 0.2) is 0 Å². The summed E-state index contributed by atoms with van der Waals surface area (Å²) in [5.74, 6) is 0.256. The molecule has 0 fully saturated rings. The van der Waals surface area contributed by atoms with Crippen LogP contribution in [-0.2, 0) is 0 Å².